The Hall–Kier alpha value is -4.50. The number of amides is 2. The lowest BCUT2D eigenvalue weighted by Crippen LogP contribution is -2.51. The summed E-state index contributed by atoms with van der Waals surface area (Å²) in [5.74, 6) is 2.44. The summed E-state index contributed by atoms with van der Waals surface area (Å²) in [7, 11) is 0. The second-order valence-electron chi connectivity index (χ2n) is 13.6. The van der Waals surface area contributed by atoms with Gasteiger partial charge in [0.1, 0.15) is 0 Å². The predicted octanol–water partition coefficient (Wildman–Crippen LogP) is 4.80. The number of likely N-dealkylation sites (tertiary alicyclic amines) is 2. The van der Waals surface area contributed by atoms with E-state index in [1.54, 1.807) is 24.5 Å². The van der Waals surface area contributed by atoms with Gasteiger partial charge in [-0.25, -0.2) is 4.98 Å². The Morgan fingerprint density at radius 1 is 0.778 bits per heavy atom. The fourth-order valence-corrected chi connectivity index (χ4v) is 8.03. The molecule has 2 aliphatic carbocycles. The van der Waals surface area contributed by atoms with Crippen LogP contribution in [0.1, 0.15) is 46.4 Å². The molecule has 2 bridgehead atoms. The van der Waals surface area contributed by atoms with E-state index >= 15 is 0 Å². The quantitative estimate of drug-likeness (QED) is 0.290. The molecule has 0 radical (unpaired) electrons. The van der Waals surface area contributed by atoms with E-state index < -0.39 is 0 Å². The van der Waals surface area contributed by atoms with Crippen LogP contribution >= 0.6 is 0 Å². The predicted molar refractivity (Wildman–Crippen MR) is 173 cm³/mol. The van der Waals surface area contributed by atoms with Crippen molar-refractivity contribution in [2.24, 2.45) is 23.5 Å². The number of nitrogens with zero attached hydrogens (tertiary/aromatic N) is 6. The summed E-state index contributed by atoms with van der Waals surface area (Å²) in [4.78, 5) is 40.0. The maximum Gasteiger partial charge on any atom is 0.254 e. The molecule has 4 fully saturated rings. The van der Waals surface area contributed by atoms with E-state index in [4.69, 9.17) is 10.7 Å². The molecule has 3 atom stereocenters. The summed E-state index contributed by atoms with van der Waals surface area (Å²) in [5.41, 5.74) is 12.0. The first-order chi connectivity index (χ1) is 22.0. The Balaban J connectivity index is 1.08. The van der Waals surface area contributed by atoms with Gasteiger partial charge in [0.25, 0.3) is 11.8 Å². The van der Waals surface area contributed by atoms with Gasteiger partial charge in [0.2, 0.25) is 0 Å². The molecule has 9 rings (SSSR count). The number of fused-ring (bicyclic) bond motifs is 4. The molecule has 2 N–H and O–H groups in total. The molecular weight excluding hydrogens is 562 g/mol. The summed E-state index contributed by atoms with van der Waals surface area (Å²) in [6.07, 6.45) is 7.96. The first kappa shape index (κ1) is 26.9. The molecule has 2 aromatic carbocycles. The van der Waals surface area contributed by atoms with Gasteiger partial charge >= 0.3 is 0 Å². The lowest BCUT2D eigenvalue weighted by molar-refractivity contribution is 0.0471. The van der Waals surface area contributed by atoms with E-state index in [9.17, 15) is 9.59 Å². The van der Waals surface area contributed by atoms with Crippen molar-refractivity contribution in [3.05, 3.63) is 84.2 Å². The van der Waals surface area contributed by atoms with Gasteiger partial charge in [-0.2, -0.15) is 0 Å². The smallest absolute Gasteiger partial charge is 0.254 e. The van der Waals surface area contributed by atoms with Gasteiger partial charge in [-0.05, 0) is 80.0 Å². The van der Waals surface area contributed by atoms with Crippen LogP contribution in [0.5, 0.6) is 0 Å². The van der Waals surface area contributed by atoms with Crippen molar-refractivity contribution in [2.75, 3.05) is 19.6 Å². The zero-order chi connectivity index (χ0) is 30.2. The Morgan fingerprint density at radius 2 is 1.58 bits per heavy atom. The van der Waals surface area contributed by atoms with Gasteiger partial charge in [0, 0.05) is 85.1 Å². The highest BCUT2D eigenvalue weighted by molar-refractivity contribution is 5.99. The molecular formula is C36H37N7O2. The van der Waals surface area contributed by atoms with E-state index in [0.29, 0.717) is 42.0 Å². The average molecular weight is 600 g/mol. The number of rotatable bonds is 7. The number of pyridine rings is 1. The van der Waals surface area contributed by atoms with Crippen LogP contribution in [0, 0.1) is 17.8 Å². The van der Waals surface area contributed by atoms with Crippen molar-refractivity contribution in [2.45, 2.75) is 50.9 Å². The van der Waals surface area contributed by atoms with Gasteiger partial charge in [-0.15, -0.1) is 0 Å². The number of nitrogens with two attached hydrogens (primary N) is 1. The molecule has 3 aromatic heterocycles. The van der Waals surface area contributed by atoms with Crippen molar-refractivity contribution in [1.29, 1.82) is 0 Å². The molecule has 2 unspecified atom stereocenters. The van der Waals surface area contributed by atoms with E-state index in [0.717, 1.165) is 55.0 Å². The number of hydrogen-bond donors (Lipinski definition) is 1. The van der Waals surface area contributed by atoms with Crippen molar-refractivity contribution >= 4 is 33.8 Å². The minimum atomic E-state index is 0.0485. The summed E-state index contributed by atoms with van der Waals surface area (Å²) < 4.78 is 4.77. The Morgan fingerprint density at radius 3 is 2.33 bits per heavy atom. The highest BCUT2D eigenvalue weighted by atomic mass is 16.2. The number of hydrogen-bond acceptors (Lipinski definition) is 5. The van der Waals surface area contributed by atoms with Crippen LogP contribution in [-0.2, 0) is 13.1 Å². The summed E-state index contributed by atoms with van der Waals surface area (Å²) in [6, 6.07) is 20.6. The highest BCUT2D eigenvalue weighted by Crippen LogP contribution is 2.39. The van der Waals surface area contributed by atoms with E-state index in [1.807, 2.05) is 21.9 Å². The van der Waals surface area contributed by atoms with Crippen LogP contribution in [0.25, 0.3) is 33.5 Å². The number of aromatic nitrogens is 4. The molecule has 9 nitrogen and oxygen atoms in total. The largest absolute Gasteiger partial charge is 0.338 e. The number of imidazole rings is 1. The van der Waals surface area contributed by atoms with Gasteiger partial charge < -0.3 is 24.7 Å². The molecule has 9 heteroatoms. The van der Waals surface area contributed by atoms with Crippen LogP contribution in [-0.4, -0.2) is 72.4 Å². The minimum Gasteiger partial charge on any atom is -0.338 e. The molecule has 4 aliphatic rings. The topological polar surface area (TPSA) is 102 Å². The van der Waals surface area contributed by atoms with Crippen LogP contribution in [0.15, 0.2) is 73.1 Å². The van der Waals surface area contributed by atoms with Crippen molar-refractivity contribution in [3.8, 4) is 11.5 Å². The fraction of sp³-hybridized carbons (Fsp3) is 0.389. The molecule has 228 valence electrons. The lowest BCUT2D eigenvalue weighted by atomic mass is 9.98. The van der Waals surface area contributed by atoms with Gasteiger partial charge in [-0.3, -0.25) is 14.6 Å². The average Bonchev–Trinajstić information content (AvgIpc) is 3.41. The highest BCUT2D eigenvalue weighted by Gasteiger charge is 2.47. The molecule has 45 heavy (non-hydrogen) atoms. The van der Waals surface area contributed by atoms with Gasteiger partial charge in [0.05, 0.1) is 16.7 Å². The first-order valence-electron chi connectivity index (χ1n) is 16.4. The van der Waals surface area contributed by atoms with Crippen LogP contribution < -0.4 is 5.73 Å². The van der Waals surface area contributed by atoms with E-state index in [-0.39, 0.29) is 23.9 Å². The fourth-order valence-electron chi connectivity index (χ4n) is 8.03. The third kappa shape index (κ3) is 4.47. The van der Waals surface area contributed by atoms with Crippen molar-refractivity contribution in [3.63, 3.8) is 0 Å². The number of para-hydroxylation sites is 1. The normalized spacial score (nSPS) is 22.9. The van der Waals surface area contributed by atoms with Gasteiger partial charge in [-0.1, -0.05) is 18.2 Å². The zero-order valence-electron chi connectivity index (χ0n) is 25.3. The third-order valence-electron chi connectivity index (χ3n) is 10.7. The second-order valence-corrected chi connectivity index (χ2v) is 13.6. The summed E-state index contributed by atoms with van der Waals surface area (Å²) >= 11 is 0. The third-order valence-corrected chi connectivity index (χ3v) is 10.7. The monoisotopic (exact) mass is 599 g/mol. The van der Waals surface area contributed by atoms with Gasteiger partial charge in [0.15, 0.2) is 5.82 Å². The molecule has 5 aromatic rings. The number of benzene rings is 2. The molecule has 2 saturated carbocycles. The standard InChI is InChI=1S/C36H37N7O2/c37-33-27-8-10-31(33)43(21-27)36(45)26-7-9-30-28(15-26)39-34(32-16-25-3-1-2-4-29(25)41(32)19-22-5-6-22)42(30)20-23-17-40(18-23)35(44)24-11-13-38-14-12-24/h1-4,7,9,11-16,22-23,27,31,33H,5-6,8,10,17-21,37H2/t27?,31?,33-/m1/s1. The molecule has 2 saturated heterocycles. The number of carbonyl (C=O) groups is 2. The Labute approximate surface area is 261 Å². The molecule has 0 spiro atoms. The minimum absolute atomic E-state index is 0.0485. The Kier molecular flexibility index (Phi) is 6.13. The maximum absolute atomic E-state index is 13.7. The molecule has 2 aliphatic heterocycles. The van der Waals surface area contributed by atoms with Crippen LogP contribution in [0.2, 0.25) is 0 Å². The maximum atomic E-state index is 13.7. The number of piperidine rings is 1. The SMILES string of the molecule is N[C@@H]1C2CCC1N(C(=O)c1ccc3c(c1)nc(-c1cc4ccccc4n1CC1CC1)n3CC1CN(C(=O)c3ccncc3)C1)C2. The van der Waals surface area contributed by atoms with Crippen LogP contribution in [0.3, 0.4) is 0 Å². The zero-order valence-corrected chi connectivity index (χ0v) is 25.3. The lowest BCUT2D eigenvalue weighted by Gasteiger charge is -2.39. The summed E-state index contributed by atoms with van der Waals surface area (Å²) in [5, 5.41) is 1.21. The first-order valence-corrected chi connectivity index (χ1v) is 16.4. The van der Waals surface area contributed by atoms with E-state index in [2.05, 4.69) is 50.5 Å². The molecule has 5 heterocycles. The Bertz CT molecular complexity index is 1950. The van der Waals surface area contributed by atoms with Crippen molar-refractivity contribution in [1.82, 2.24) is 28.9 Å². The summed E-state index contributed by atoms with van der Waals surface area (Å²) in [6.45, 7) is 3.86. The van der Waals surface area contributed by atoms with Crippen LogP contribution in [0.4, 0.5) is 0 Å². The van der Waals surface area contributed by atoms with E-state index in [1.165, 1.54) is 23.7 Å². The number of carbonyl (C=O) groups excluding carboxylic acids is 2. The van der Waals surface area contributed by atoms with Crippen molar-refractivity contribution < 1.29 is 9.59 Å². The second kappa shape index (κ2) is 10.3. The molecule has 2 amide bonds.